The zero-order chi connectivity index (χ0) is 23.0. The van der Waals surface area contributed by atoms with Crippen molar-refractivity contribution in [2.24, 2.45) is 0 Å². The Labute approximate surface area is 194 Å². The van der Waals surface area contributed by atoms with Gasteiger partial charge in [-0.2, -0.15) is 0 Å². The highest BCUT2D eigenvalue weighted by Crippen LogP contribution is 2.23. The van der Waals surface area contributed by atoms with Gasteiger partial charge in [-0.1, -0.05) is 48.0 Å². The Bertz CT molecular complexity index is 1180. The number of rotatable bonds is 9. The normalized spacial score (nSPS) is 10.7. The topological polar surface area (TPSA) is 64.4 Å². The summed E-state index contributed by atoms with van der Waals surface area (Å²) in [6.07, 6.45) is 1.84. The lowest BCUT2D eigenvalue weighted by molar-refractivity contribution is 0.0953. The summed E-state index contributed by atoms with van der Waals surface area (Å²) in [6.45, 7) is 4.89. The monoisotopic (exact) mass is 440 g/mol. The minimum atomic E-state index is -0.0783. The lowest BCUT2D eigenvalue weighted by Gasteiger charge is -2.06. The maximum absolute atomic E-state index is 12.4. The largest absolute Gasteiger partial charge is 0.487 e. The average Bonchev–Trinajstić information content (AvgIpc) is 3.22. The fraction of sp³-hybridized carbons (Fsp3) is 0.214. The number of hydrogen-bond acceptors (Lipinski definition) is 4. The van der Waals surface area contributed by atoms with Crippen LogP contribution in [0.3, 0.4) is 0 Å². The first-order chi connectivity index (χ1) is 16.1. The van der Waals surface area contributed by atoms with Crippen molar-refractivity contribution in [3.63, 3.8) is 0 Å². The van der Waals surface area contributed by atoms with Crippen LogP contribution in [-0.4, -0.2) is 17.4 Å². The number of oxazole rings is 1. The third-order valence-electron chi connectivity index (χ3n) is 5.45. The maximum atomic E-state index is 12.4. The first-order valence-electron chi connectivity index (χ1n) is 11.2. The van der Waals surface area contributed by atoms with Gasteiger partial charge in [-0.05, 0) is 68.7 Å². The molecule has 0 aliphatic heterocycles. The smallest absolute Gasteiger partial charge is 0.251 e. The maximum Gasteiger partial charge on any atom is 0.251 e. The molecule has 4 rings (SSSR count). The van der Waals surface area contributed by atoms with Crippen molar-refractivity contribution in [2.45, 2.75) is 33.3 Å². The number of nitrogens with one attached hydrogen (secondary N) is 1. The molecule has 5 heteroatoms. The first-order valence-corrected chi connectivity index (χ1v) is 11.2. The van der Waals surface area contributed by atoms with E-state index < -0.39 is 0 Å². The molecule has 1 N–H and O–H groups in total. The SMILES string of the molecule is Cc1ccc(OCc2nc(-c3ccc(C(=O)NCCCc4ccccc4)cc3)oc2C)cc1. The van der Waals surface area contributed by atoms with Gasteiger partial charge in [-0.25, -0.2) is 4.98 Å². The molecule has 1 heterocycles. The van der Waals surface area contributed by atoms with Crippen LogP contribution in [0.2, 0.25) is 0 Å². The highest BCUT2D eigenvalue weighted by molar-refractivity contribution is 5.94. The number of hydrogen-bond donors (Lipinski definition) is 1. The molecule has 0 atom stereocenters. The van der Waals surface area contributed by atoms with Crippen LogP contribution < -0.4 is 10.1 Å². The molecule has 3 aromatic carbocycles. The second-order valence-corrected chi connectivity index (χ2v) is 8.05. The third kappa shape index (κ3) is 6.10. The molecule has 0 bridgehead atoms. The highest BCUT2D eigenvalue weighted by Gasteiger charge is 2.13. The Kier molecular flexibility index (Phi) is 7.20. The second kappa shape index (κ2) is 10.6. The molecule has 1 amide bonds. The van der Waals surface area contributed by atoms with Crippen molar-refractivity contribution in [3.05, 3.63) is 107 Å². The fourth-order valence-electron chi connectivity index (χ4n) is 3.48. The zero-order valence-corrected chi connectivity index (χ0v) is 19.0. The van der Waals surface area contributed by atoms with Gasteiger partial charge in [-0.15, -0.1) is 0 Å². The van der Waals surface area contributed by atoms with Crippen LogP contribution in [0, 0.1) is 13.8 Å². The molecule has 0 saturated carbocycles. The number of benzene rings is 3. The molecule has 0 unspecified atom stereocenters. The van der Waals surface area contributed by atoms with Crippen molar-refractivity contribution < 1.29 is 13.9 Å². The van der Waals surface area contributed by atoms with E-state index in [1.54, 1.807) is 12.1 Å². The third-order valence-corrected chi connectivity index (χ3v) is 5.45. The van der Waals surface area contributed by atoms with E-state index in [0.717, 1.165) is 35.6 Å². The molecule has 33 heavy (non-hydrogen) atoms. The molecule has 168 valence electrons. The molecular weight excluding hydrogens is 412 g/mol. The number of amides is 1. The minimum absolute atomic E-state index is 0.0783. The van der Waals surface area contributed by atoms with Crippen LogP contribution in [0.4, 0.5) is 0 Å². The summed E-state index contributed by atoms with van der Waals surface area (Å²) in [6, 6.07) is 25.5. The van der Waals surface area contributed by atoms with E-state index in [-0.39, 0.29) is 5.91 Å². The predicted molar refractivity (Wildman–Crippen MR) is 129 cm³/mol. The second-order valence-electron chi connectivity index (χ2n) is 8.05. The van der Waals surface area contributed by atoms with Gasteiger partial charge in [0.05, 0.1) is 0 Å². The Balaban J connectivity index is 1.30. The summed E-state index contributed by atoms with van der Waals surface area (Å²) < 4.78 is 11.7. The van der Waals surface area contributed by atoms with Crippen molar-refractivity contribution in [1.82, 2.24) is 10.3 Å². The summed E-state index contributed by atoms with van der Waals surface area (Å²) in [4.78, 5) is 17.0. The van der Waals surface area contributed by atoms with E-state index in [1.807, 2.05) is 68.4 Å². The van der Waals surface area contributed by atoms with Gasteiger partial charge in [0.2, 0.25) is 5.89 Å². The van der Waals surface area contributed by atoms with Crippen LogP contribution in [0.5, 0.6) is 5.75 Å². The van der Waals surface area contributed by atoms with Gasteiger partial charge in [0.25, 0.3) is 5.91 Å². The molecule has 1 aromatic heterocycles. The lowest BCUT2D eigenvalue weighted by atomic mass is 10.1. The van der Waals surface area contributed by atoms with Crippen LogP contribution in [0.15, 0.2) is 83.3 Å². The highest BCUT2D eigenvalue weighted by atomic mass is 16.5. The average molecular weight is 441 g/mol. The van der Waals surface area contributed by atoms with Gasteiger partial charge in [0.1, 0.15) is 23.8 Å². The Morgan fingerprint density at radius 3 is 2.39 bits per heavy atom. The van der Waals surface area contributed by atoms with E-state index in [2.05, 4.69) is 22.4 Å². The van der Waals surface area contributed by atoms with Crippen molar-refractivity contribution in [2.75, 3.05) is 6.54 Å². The molecule has 5 nitrogen and oxygen atoms in total. The Morgan fingerprint density at radius 1 is 0.939 bits per heavy atom. The fourth-order valence-corrected chi connectivity index (χ4v) is 3.48. The van der Waals surface area contributed by atoms with E-state index >= 15 is 0 Å². The molecule has 0 saturated heterocycles. The van der Waals surface area contributed by atoms with E-state index in [4.69, 9.17) is 9.15 Å². The Hall–Kier alpha value is -3.86. The molecule has 0 spiro atoms. The summed E-state index contributed by atoms with van der Waals surface area (Å²) in [5, 5.41) is 2.98. The molecule has 0 aliphatic rings. The molecule has 0 aliphatic carbocycles. The number of aryl methyl sites for hydroxylation is 3. The standard InChI is InChI=1S/C28H28N2O3/c1-20-10-16-25(17-11-20)32-19-26-21(2)33-28(30-26)24-14-12-23(13-15-24)27(31)29-18-6-9-22-7-4-3-5-8-22/h3-5,7-8,10-17H,6,9,18-19H2,1-2H3,(H,29,31). The zero-order valence-electron chi connectivity index (χ0n) is 19.0. The minimum Gasteiger partial charge on any atom is -0.487 e. The van der Waals surface area contributed by atoms with Crippen LogP contribution in [0.25, 0.3) is 11.5 Å². The molecule has 0 fully saturated rings. The lowest BCUT2D eigenvalue weighted by Crippen LogP contribution is -2.24. The van der Waals surface area contributed by atoms with Gasteiger partial charge >= 0.3 is 0 Å². The van der Waals surface area contributed by atoms with Crippen molar-refractivity contribution in [1.29, 1.82) is 0 Å². The number of nitrogens with zero attached hydrogens (tertiary/aromatic N) is 1. The number of ether oxygens (including phenoxy) is 1. The summed E-state index contributed by atoms with van der Waals surface area (Å²) in [7, 11) is 0. The number of carbonyl (C=O) groups is 1. The van der Waals surface area contributed by atoms with Gasteiger partial charge in [-0.3, -0.25) is 4.79 Å². The quantitative estimate of drug-likeness (QED) is 0.329. The summed E-state index contributed by atoms with van der Waals surface area (Å²) in [5.74, 6) is 1.95. The predicted octanol–water partition coefficient (Wildman–Crippen LogP) is 5.90. The molecule has 0 radical (unpaired) electrons. The van der Waals surface area contributed by atoms with Crippen LogP contribution >= 0.6 is 0 Å². The molecular formula is C28H28N2O3. The van der Waals surface area contributed by atoms with Crippen LogP contribution in [0.1, 0.15) is 39.4 Å². The Morgan fingerprint density at radius 2 is 1.67 bits per heavy atom. The first kappa shape index (κ1) is 22.3. The van der Waals surface area contributed by atoms with E-state index in [9.17, 15) is 4.79 Å². The van der Waals surface area contributed by atoms with Gasteiger partial charge < -0.3 is 14.5 Å². The van der Waals surface area contributed by atoms with E-state index in [0.29, 0.717) is 24.6 Å². The molecule has 4 aromatic rings. The summed E-state index contributed by atoms with van der Waals surface area (Å²) in [5.41, 5.74) is 4.66. The van der Waals surface area contributed by atoms with Gasteiger partial charge in [0, 0.05) is 17.7 Å². The van der Waals surface area contributed by atoms with E-state index in [1.165, 1.54) is 11.1 Å². The van der Waals surface area contributed by atoms with Crippen molar-refractivity contribution >= 4 is 5.91 Å². The van der Waals surface area contributed by atoms with Crippen molar-refractivity contribution in [3.8, 4) is 17.2 Å². The van der Waals surface area contributed by atoms with Crippen LogP contribution in [-0.2, 0) is 13.0 Å². The van der Waals surface area contributed by atoms with Gasteiger partial charge in [0.15, 0.2) is 0 Å². The number of aromatic nitrogens is 1. The number of carbonyl (C=O) groups excluding carboxylic acids is 1. The summed E-state index contributed by atoms with van der Waals surface area (Å²) >= 11 is 0.